The number of aromatic hydroxyl groups is 1. The number of benzene rings is 1. The summed E-state index contributed by atoms with van der Waals surface area (Å²) >= 11 is 5.77. The maximum Gasteiger partial charge on any atom is 0.285 e. The van der Waals surface area contributed by atoms with Crippen LogP contribution in [-0.4, -0.2) is 21.5 Å². The van der Waals surface area contributed by atoms with Crippen molar-refractivity contribution in [2.75, 3.05) is 5.43 Å². The summed E-state index contributed by atoms with van der Waals surface area (Å²) in [6.45, 7) is 1.79. The molecular weight excluding hydrogens is 268 g/mol. The standard InChI is InChI=1S/C12H11ClN4O2/c1-7-4-8(2-3-10(7)18)5-14-16-9-6-15-17-12(19)11(9)13/h2-6,18H,1H3,(H2,16,17,19)/b14-5+. The van der Waals surface area contributed by atoms with E-state index in [0.29, 0.717) is 5.69 Å². The number of nitrogens with one attached hydrogen (secondary N) is 2. The Hall–Kier alpha value is -2.34. The Morgan fingerprint density at radius 1 is 1.53 bits per heavy atom. The van der Waals surface area contributed by atoms with Crippen molar-refractivity contribution in [2.45, 2.75) is 6.92 Å². The number of phenols is 1. The van der Waals surface area contributed by atoms with Crippen LogP contribution >= 0.6 is 11.6 Å². The predicted molar refractivity (Wildman–Crippen MR) is 73.9 cm³/mol. The number of hydrazone groups is 1. The van der Waals surface area contributed by atoms with E-state index in [-0.39, 0.29) is 10.8 Å². The van der Waals surface area contributed by atoms with E-state index in [1.165, 1.54) is 6.20 Å². The summed E-state index contributed by atoms with van der Waals surface area (Å²) in [5, 5.41) is 19.1. The molecule has 0 aliphatic carbocycles. The van der Waals surface area contributed by atoms with Gasteiger partial charge in [-0.05, 0) is 36.2 Å². The van der Waals surface area contributed by atoms with Gasteiger partial charge in [-0.1, -0.05) is 11.6 Å². The van der Waals surface area contributed by atoms with E-state index in [4.69, 9.17) is 11.6 Å². The molecule has 0 atom stereocenters. The first-order valence-electron chi connectivity index (χ1n) is 5.40. The van der Waals surface area contributed by atoms with Gasteiger partial charge in [0.25, 0.3) is 5.56 Å². The van der Waals surface area contributed by atoms with E-state index in [1.807, 2.05) is 0 Å². The number of aromatic amines is 1. The summed E-state index contributed by atoms with van der Waals surface area (Å²) in [5.74, 6) is 0.229. The molecule has 0 aliphatic rings. The van der Waals surface area contributed by atoms with E-state index >= 15 is 0 Å². The number of anilines is 1. The first-order valence-corrected chi connectivity index (χ1v) is 5.77. The number of H-pyrrole nitrogens is 1. The van der Waals surface area contributed by atoms with E-state index in [9.17, 15) is 9.90 Å². The predicted octanol–water partition coefficient (Wildman–Crippen LogP) is 1.88. The Bertz CT molecular complexity index is 682. The van der Waals surface area contributed by atoms with Gasteiger partial charge in [-0.25, -0.2) is 5.10 Å². The minimum absolute atomic E-state index is 0.00552. The fraction of sp³-hybridized carbons (Fsp3) is 0.0833. The van der Waals surface area contributed by atoms with Gasteiger partial charge in [0.1, 0.15) is 16.5 Å². The maximum absolute atomic E-state index is 11.2. The third kappa shape index (κ3) is 3.11. The molecule has 0 aliphatic heterocycles. The van der Waals surface area contributed by atoms with Gasteiger partial charge in [0, 0.05) is 0 Å². The molecule has 1 aromatic heterocycles. The Labute approximate surface area is 113 Å². The molecular formula is C12H11ClN4O2. The monoisotopic (exact) mass is 278 g/mol. The molecule has 1 heterocycles. The number of halogens is 1. The molecule has 1 aromatic carbocycles. The molecule has 6 nitrogen and oxygen atoms in total. The fourth-order valence-electron chi connectivity index (χ4n) is 1.40. The van der Waals surface area contributed by atoms with Crippen LogP contribution in [0.2, 0.25) is 5.02 Å². The largest absolute Gasteiger partial charge is 0.508 e. The Morgan fingerprint density at radius 2 is 2.32 bits per heavy atom. The number of rotatable bonds is 3. The second-order valence-corrected chi connectivity index (χ2v) is 4.22. The van der Waals surface area contributed by atoms with Crippen LogP contribution in [0.15, 0.2) is 34.3 Å². The first-order chi connectivity index (χ1) is 9.08. The highest BCUT2D eigenvalue weighted by Crippen LogP contribution is 2.16. The highest BCUT2D eigenvalue weighted by molar-refractivity contribution is 6.32. The van der Waals surface area contributed by atoms with Crippen LogP contribution in [0.5, 0.6) is 5.75 Å². The summed E-state index contributed by atoms with van der Waals surface area (Å²) in [5.41, 5.74) is 4.01. The van der Waals surface area contributed by atoms with Crippen molar-refractivity contribution in [3.63, 3.8) is 0 Å². The topological polar surface area (TPSA) is 90.4 Å². The van der Waals surface area contributed by atoms with E-state index in [1.54, 1.807) is 31.3 Å². The molecule has 0 amide bonds. The molecule has 3 N–H and O–H groups in total. The molecule has 0 radical (unpaired) electrons. The van der Waals surface area contributed by atoms with Gasteiger partial charge < -0.3 is 5.11 Å². The summed E-state index contributed by atoms with van der Waals surface area (Å²) < 4.78 is 0. The first kappa shape index (κ1) is 13.1. The lowest BCUT2D eigenvalue weighted by Gasteiger charge is -2.01. The number of nitrogens with zero attached hydrogens (tertiary/aromatic N) is 2. The number of hydrogen-bond acceptors (Lipinski definition) is 5. The SMILES string of the molecule is Cc1cc(/C=N/Nc2cn[nH]c(=O)c2Cl)ccc1O. The minimum atomic E-state index is -0.484. The average molecular weight is 279 g/mol. The van der Waals surface area contributed by atoms with Gasteiger partial charge >= 0.3 is 0 Å². The van der Waals surface area contributed by atoms with Crippen molar-refractivity contribution < 1.29 is 5.11 Å². The zero-order valence-corrected chi connectivity index (χ0v) is 10.8. The third-order valence-electron chi connectivity index (χ3n) is 2.42. The van der Waals surface area contributed by atoms with E-state index in [0.717, 1.165) is 11.1 Å². The van der Waals surface area contributed by atoms with Crippen LogP contribution in [-0.2, 0) is 0 Å². The van der Waals surface area contributed by atoms with Gasteiger partial charge in [-0.3, -0.25) is 10.2 Å². The second-order valence-electron chi connectivity index (χ2n) is 3.84. The van der Waals surface area contributed by atoms with Crippen LogP contribution in [0.25, 0.3) is 0 Å². The molecule has 0 unspecified atom stereocenters. The summed E-state index contributed by atoms with van der Waals surface area (Å²) in [4.78, 5) is 11.2. The fourth-order valence-corrected chi connectivity index (χ4v) is 1.53. The smallest absolute Gasteiger partial charge is 0.285 e. The zero-order valence-electron chi connectivity index (χ0n) is 10.0. The highest BCUT2D eigenvalue weighted by atomic mass is 35.5. The molecule has 7 heteroatoms. The number of aromatic nitrogens is 2. The molecule has 0 saturated heterocycles. The zero-order chi connectivity index (χ0) is 13.8. The molecule has 2 aromatic rings. The van der Waals surface area contributed by atoms with Crippen LogP contribution < -0.4 is 11.0 Å². The van der Waals surface area contributed by atoms with Crippen molar-refractivity contribution >= 4 is 23.5 Å². The number of aryl methyl sites for hydroxylation is 1. The van der Waals surface area contributed by atoms with Gasteiger partial charge in [-0.15, -0.1) is 0 Å². The van der Waals surface area contributed by atoms with Crippen LogP contribution in [0.4, 0.5) is 5.69 Å². The Balaban J connectivity index is 2.13. The van der Waals surface area contributed by atoms with Crippen LogP contribution in [0.3, 0.4) is 0 Å². The Morgan fingerprint density at radius 3 is 3.05 bits per heavy atom. The van der Waals surface area contributed by atoms with Crippen molar-refractivity contribution in [1.29, 1.82) is 0 Å². The molecule has 19 heavy (non-hydrogen) atoms. The molecule has 2 rings (SSSR count). The van der Waals surface area contributed by atoms with Gasteiger partial charge in [0.05, 0.1) is 12.4 Å². The summed E-state index contributed by atoms with van der Waals surface area (Å²) in [7, 11) is 0. The highest BCUT2D eigenvalue weighted by Gasteiger charge is 2.02. The lowest BCUT2D eigenvalue weighted by Crippen LogP contribution is -2.10. The Kier molecular flexibility index (Phi) is 3.82. The van der Waals surface area contributed by atoms with Crippen molar-refractivity contribution in [2.24, 2.45) is 5.10 Å². The number of phenolic OH excluding ortho intramolecular Hbond substituents is 1. The van der Waals surface area contributed by atoms with E-state index in [2.05, 4.69) is 20.7 Å². The lowest BCUT2D eigenvalue weighted by molar-refractivity contribution is 0.471. The molecule has 0 bridgehead atoms. The summed E-state index contributed by atoms with van der Waals surface area (Å²) in [6, 6.07) is 5.07. The van der Waals surface area contributed by atoms with Crippen LogP contribution in [0, 0.1) is 6.92 Å². The summed E-state index contributed by atoms with van der Waals surface area (Å²) in [6.07, 6.45) is 2.91. The van der Waals surface area contributed by atoms with Gasteiger partial charge in [0.2, 0.25) is 0 Å². The lowest BCUT2D eigenvalue weighted by atomic mass is 10.1. The minimum Gasteiger partial charge on any atom is -0.508 e. The van der Waals surface area contributed by atoms with Crippen molar-refractivity contribution in [3.05, 3.63) is 50.9 Å². The average Bonchev–Trinajstić information content (AvgIpc) is 2.39. The van der Waals surface area contributed by atoms with Crippen LogP contribution in [0.1, 0.15) is 11.1 Å². The molecule has 98 valence electrons. The normalized spacial score (nSPS) is 10.8. The quantitative estimate of drug-likeness (QED) is 0.591. The molecule has 0 spiro atoms. The van der Waals surface area contributed by atoms with Gasteiger partial charge in [-0.2, -0.15) is 10.2 Å². The maximum atomic E-state index is 11.2. The molecule has 0 fully saturated rings. The third-order valence-corrected chi connectivity index (χ3v) is 2.79. The number of hydrogen-bond donors (Lipinski definition) is 3. The van der Waals surface area contributed by atoms with Crippen molar-refractivity contribution in [1.82, 2.24) is 10.2 Å². The molecule has 0 saturated carbocycles. The van der Waals surface area contributed by atoms with Gasteiger partial charge in [0.15, 0.2) is 0 Å². The second kappa shape index (κ2) is 5.53. The van der Waals surface area contributed by atoms with Crippen molar-refractivity contribution in [3.8, 4) is 5.75 Å². The van der Waals surface area contributed by atoms with E-state index < -0.39 is 5.56 Å².